The summed E-state index contributed by atoms with van der Waals surface area (Å²) < 4.78 is 5.28. The Bertz CT molecular complexity index is 470. The molecule has 0 radical (unpaired) electrons. The molecule has 0 aromatic carbocycles. The predicted molar refractivity (Wildman–Crippen MR) is 58.9 cm³/mol. The lowest BCUT2D eigenvalue weighted by Gasteiger charge is -2.02. The third kappa shape index (κ3) is 2.76. The van der Waals surface area contributed by atoms with Crippen molar-refractivity contribution in [1.29, 1.82) is 0 Å². The van der Waals surface area contributed by atoms with Crippen molar-refractivity contribution in [1.82, 2.24) is 15.1 Å². The second-order valence-corrected chi connectivity index (χ2v) is 3.60. The van der Waals surface area contributed by atoms with Gasteiger partial charge in [0.15, 0.2) is 5.82 Å². The van der Waals surface area contributed by atoms with Crippen LogP contribution in [0.5, 0.6) is 0 Å². The molecule has 7 nitrogen and oxygen atoms in total. The number of rotatable bonds is 2. The number of hydrogen-bond acceptors (Lipinski definition) is 5. The highest BCUT2D eigenvalue weighted by Gasteiger charge is 2.05. The van der Waals surface area contributed by atoms with E-state index in [1.807, 2.05) is 0 Å². The van der Waals surface area contributed by atoms with E-state index >= 15 is 0 Å². The van der Waals surface area contributed by atoms with Gasteiger partial charge in [-0.2, -0.15) is 0 Å². The van der Waals surface area contributed by atoms with E-state index < -0.39 is 6.03 Å². The van der Waals surface area contributed by atoms with Crippen LogP contribution in [0.2, 0.25) is 0 Å². The van der Waals surface area contributed by atoms with Crippen LogP contribution < -0.4 is 10.6 Å². The van der Waals surface area contributed by atoms with E-state index in [-0.39, 0.29) is 5.95 Å². The van der Waals surface area contributed by atoms with Crippen LogP contribution in [0.15, 0.2) is 33.7 Å². The Balaban J connectivity index is 1.95. The molecule has 0 aliphatic heterocycles. The number of urea groups is 1. The molecule has 0 atom stereocenters. The van der Waals surface area contributed by atoms with Crippen LogP contribution in [-0.4, -0.2) is 21.2 Å². The molecule has 0 unspecified atom stereocenters. The minimum Gasteiger partial charge on any atom is -0.363 e. The molecule has 82 valence electrons. The molecule has 2 amide bonds. The van der Waals surface area contributed by atoms with Gasteiger partial charge in [-0.3, -0.25) is 10.6 Å². The molecule has 2 rings (SSSR count). The van der Waals surface area contributed by atoms with E-state index in [1.165, 1.54) is 24.7 Å². The summed E-state index contributed by atoms with van der Waals surface area (Å²) >= 11 is 3.18. The lowest BCUT2D eigenvalue weighted by Crippen LogP contribution is -2.20. The highest BCUT2D eigenvalue weighted by molar-refractivity contribution is 9.10. The molecule has 0 aliphatic rings. The minimum absolute atomic E-state index is 0.198. The van der Waals surface area contributed by atoms with Crippen molar-refractivity contribution < 1.29 is 9.32 Å². The SMILES string of the molecule is O=C(Nc1ccon1)Nc1ncc(Br)cn1. The van der Waals surface area contributed by atoms with E-state index in [4.69, 9.17) is 0 Å². The molecule has 2 N–H and O–H groups in total. The second-order valence-electron chi connectivity index (χ2n) is 2.69. The number of hydrogen-bond donors (Lipinski definition) is 2. The normalized spacial score (nSPS) is 9.81. The Hall–Kier alpha value is -1.96. The van der Waals surface area contributed by atoms with Crippen LogP contribution >= 0.6 is 15.9 Å². The highest BCUT2D eigenvalue weighted by Crippen LogP contribution is 2.07. The second kappa shape index (κ2) is 4.71. The third-order valence-corrected chi connectivity index (χ3v) is 1.93. The molecule has 0 fully saturated rings. The fraction of sp³-hybridized carbons (Fsp3) is 0. The fourth-order valence-corrected chi connectivity index (χ4v) is 1.11. The van der Waals surface area contributed by atoms with Gasteiger partial charge in [0, 0.05) is 18.5 Å². The van der Waals surface area contributed by atoms with Crippen LogP contribution in [0.3, 0.4) is 0 Å². The number of carbonyl (C=O) groups is 1. The van der Waals surface area contributed by atoms with E-state index in [9.17, 15) is 4.79 Å². The lowest BCUT2D eigenvalue weighted by molar-refractivity contribution is 0.261. The lowest BCUT2D eigenvalue weighted by atomic mass is 10.6. The van der Waals surface area contributed by atoms with Gasteiger partial charge in [-0.15, -0.1) is 0 Å². The van der Waals surface area contributed by atoms with Crippen LogP contribution in [0.25, 0.3) is 0 Å². The topological polar surface area (TPSA) is 92.9 Å². The summed E-state index contributed by atoms with van der Waals surface area (Å²) in [6, 6.07) is 1.03. The Kier molecular flexibility index (Phi) is 3.10. The van der Waals surface area contributed by atoms with Gasteiger partial charge in [-0.05, 0) is 15.9 Å². The molecule has 2 aromatic rings. The van der Waals surface area contributed by atoms with E-state index in [0.717, 1.165) is 4.47 Å². The first-order chi connectivity index (χ1) is 7.74. The number of nitrogens with one attached hydrogen (secondary N) is 2. The summed E-state index contributed by atoms with van der Waals surface area (Å²) in [7, 11) is 0. The Morgan fingerprint density at radius 3 is 2.69 bits per heavy atom. The third-order valence-electron chi connectivity index (χ3n) is 1.53. The van der Waals surface area contributed by atoms with Crippen molar-refractivity contribution in [2.75, 3.05) is 10.6 Å². The molecule has 16 heavy (non-hydrogen) atoms. The molecule has 8 heteroatoms. The van der Waals surface area contributed by atoms with Crippen molar-refractivity contribution in [2.45, 2.75) is 0 Å². The first-order valence-electron chi connectivity index (χ1n) is 4.20. The quantitative estimate of drug-likeness (QED) is 0.878. The maximum absolute atomic E-state index is 11.4. The largest absolute Gasteiger partial charge is 0.363 e. The highest BCUT2D eigenvalue weighted by atomic mass is 79.9. The summed E-state index contributed by atoms with van der Waals surface area (Å²) in [5, 5.41) is 8.39. The van der Waals surface area contributed by atoms with Crippen LogP contribution in [0.4, 0.5) is 16.6 Å². The number of carbonyl (C=O) groups excluding carboxylic acids is 1. The molecule has 0 saturated heterocycles. The number of amides is 2. The molecule has 0 saturated carbocycles. The zero-order chi connectivity index (χ0) is 11.4. The van der Waals surface area contributed by atoms with Crippen molar-refractivity contribution in [2.24, 2.45) is 0 Å². The summed E-state index contributed by atoms with van der Waals surface area (Å²) in [6.07, 6.45) is 4.41. The number of halogens is 1. The number of anilines is 2. The van der Waals surface area contributed by atoms with Gasteiger partial charge >= 0.3 is 6.03 Å². The molecule has 2 heterocycles. The van der Waals surface area contributed by atoms with E-state index in [2.05, 4.69) is 46.2 Å². The van der Waals surface area contributed by atoms with Crippen LogP contribution in [0, 0.1) is 0 Å². The maximum Gasteiger partial charge on any atom is 0.327 e. The number of nitrogens with zero attached hydrogens (tertiary/aromatic N) is 3. The summed E-state index contributed by atoms with van der Waals surface area (Å²) in [6.45, 7) is 0. The monoisotopic (exact) mass is 283 g/mol. The first-order valence-corrected chi connectivity index (χ1v) is 4.99. The Morgan fingerprint density at radius 1 is 1.31 bits per heavy atom. The van der Waals surface area contributed by atoms with Gasteiger partial charge in [-0.25, -0.2) is 14.8 Å². The molecule has 0 aliphatic carbocycles. The standard InChI is InChI=1S/C8H6BrN5O2/c9-5-3-10-7(11-4-5)13-8(15)12-6-1-2-16-14-6/h1-4H,(H2,10,11,12,13,14,15). The van der Waals surface area contributed by atoms with Gasteiger partial charge in [0.25, 0.3) is 0 Å². The molecule has 0 spiro atoms. The summed E-state index contributed by atoms with van der Waals surface area (Å²) in [4.78, 5) is 19.1. The van der Waals surface area contributed by atoms with E-state index in [1.54, 1.807) is 0 Å². The Morgan fingerprint density at radius 2 is 2.06 bits per heavy atom. The number of aromatic nitrogens is 3. The maximum atomic E-state index is 11.4. The summed E-state index contributed by atoms with van der Waals surface area (Å²) in [5.41, 5.74) is 0. The zero-order valence-corrected chi connectivity index (χ0v) is 9.43. The smallest absolute Gasteiger partial charge is 0.327 e. The van der Waals surface area contributed by atoms with Crippen LogP contribution in [-0.2, 0) is 0 Å². The fourth-order valence-electron chi connectivity index (χ4n) is 0.903. The molecular formula is C8H6BrN5O2. The van der Waals surface area contributed by atoms with E-state index in [0.29, 0.717) is 5.82 Å². The van der Waals surface area contributed by atoms with Gasteiger partial charge < -0.3 is 4.52 Å². The van der Waals surface area contributed by atoms with Crippen molar-refractivity contribution in [3.05, 3.63) is 29.2 Å². The predicted octanol–water partition coefficient (Wildman–Crippen LogP) is 1.87. The molecule has 2 aromatic heterocycles. The van der Waals surface area contributed by atoms with Gasteiger partial charge in [-0.1, -0.05) is 5.16 Å². The molecular weight excluding hydrogens is 278 g/mol. The average Bonchev–Trinajstić information content (AvgIpc) is 2.74. The van der Waals surface area contributed by atoms with Crippen molar-refractivity contribution in [3.63, 3.8) is 0 Å². The average molecular weight is 284 g/mol. The van der Waals surface area contributed by atoms with Gasteiger partial charge in [0.1, 0.15) is 6.26 Å². The minimum atomic E-state index is -0.490. The van der Waals surface area contributed by atoms with Crippen molar-refractivity contribution >= 4 is 33.7 Å². The van der Waals surface area contributed by atoms with Crippen LogP contribution in [0.1, 0.15) is 0 Å². The van der Waals surface area contributed by atoms with Gasteiger partial charge in [0.05, 0.1) is 4.47 Å². The Labute approximate surface area is 98.4 Å². The molecule has 0 bridgehead atoms. The van der Waals surface area contributed by atoms with Gasteiger partial charge in [0.2, 0.25) is 5.95 Å². The summed E-state index contributed by atoms with van der Waals surface area (Å²) in [5.74, 6) is 0.513. The first kappa shape index (κ1) is 10.6. The zero-order valence-electron chi connectivity index (χ0n) is 7.85. The van der Waals surface area contributed by atoms with Crippen molar-refractivity contribution in [3.8, 4) is 0 Å².